The number of aromatic nitrogens is 1. The van der Waals surface area contributed by atoms with Gasteiger partial charge in [0.25, 0.3) is 0 Å². The van der Waals surface area contributed by atoms with Crippen molar-refractivity contribution in [2.75, 3.05) is 11.4 Å². The Hall–Kier alpha value is -3.34. The highest BCUT2D eigenvalue weighted by atomic mass is 16.4. The van der Waals surface area contributed by atoms with Gasteiger partial charge in [-0.15, -0.1) is 0 Å². The van der Waals surface area contributed by atoms with Gasteiger partial charge in [-0.1, -0.05) is 18.2 Å². The minimum Gasteiger partial charge on any atom is -0.478 e. The molecule has 1 unspecified atom stereocenters. The van der Waals surface area contributed by atoms with E-state index in [4.69, 9.17) is 9.40 Å². The highest BCUT2D eigenvalue weighted by Crippen LogP contribution is 2.38. The predicted molar refractivity (Wildman–Crippen MR) is 110 cm³/mol. The van der Waals surface area contributed by atoms with Gasteiger partial charge >= 0.3 is 5.97 Å². The van der Waals surface area contributed by atoms with Crippen LogP contribution in [0.4, 0.5) is 5.69 Å². The Morgan fingerprint density at radius 1 is 1.14 bits per heavy atom. The average molecular weight is 372 g/mol. The first kappa shape index (κ1) is 16.8. The molecule has 0 saturated carbocycles. The van der Waals surface area contributed by atoms with Crippen molar-refractivity contribution >= 4 is 33.5 Å². The first-order valence-electron chi connectivity index (χ1n) is 9.54. The molecule has 1 saturated heterocycles. The third-order valence-electron chi connectivity index (χ3n) is 5.56. The van der Waals surface area contributed by atoms with E-state index in [1.54, 1.807) is 18.2 Å². The lowest BCUT2D eigenvalue weighted by Crippen LogP contribution is -2.27. The molecule has 140 valence electrons. The standard InChI is InChI=1S/C23H20N2O3/c1-14-5-4-10-25(14)19-12-17-11-16(23(26)27)8-9-18(17)24-22(19)21-13-15-6-2-3-7-20(15)28-21/h2-3,6-9,11-14H,4-5,10H2,1H3,(H,26,27). The van der Waals surface area contributed by atoms with E-state index in [0.717, 1.165) is 58.4 Å². The molecule has 1 atom stereocenters. The van der Waals surface area contributed by atoms with Gasteiger partial charge < -0.3 is 14.4 Å². The molecule has 5 rings (SSSR count). The zero-order valence-electron chi connectivity index (χ0n) is 15.6. The van der Waals surface area contributed by atoms with Gasteiger partial charge in [0, 0.05) is 23.4 Å². The highest BCUT2D eigenvalue weighted by molar-refractivity contribution is 5.96. The van der Waals surface area contributed by atoms with Gasteiger partial charge in [0.1, 0.15) is 11.3 Å². The van der Waals surface area contributed by atoms with E-state index in [2.05, 4.69) is 17.9 Å². The van der Waals surface area contributed by atoms with Gasteiger partial charge in [0.2, 0.25) is 0 Å². The van der Waals surface area contributed by atoms with Crippen LogP contribution in [0.3, 0.4) is 0 Å². The summed E-state index contributed by atoms with van der Waals surface area (Å²) in [6.45, 7) is 3.17. The molecule has 1 aliphatic rings. The van der Waals surface area contributed by atoms with E-state index in [1.807, 2.05) is 30.3 Å². The third kappa shape index (κ3) is 2.71. The number of carbonyl (C=O) groups is 1. The Morgan fingerprint density at radius 2 is 2.00 bits per heavy atom. The Balaban J connectivity index is 1.75. The number of hydrogen-bond donors (Lipinski definition) is 1. The fourth-order valence-corrected chi connectivity index (χ4v) is 4.09. The van der Waals surface area contributed by atoms with Crippen LogP contribution < -0.4 is 4.90 Å². The molecule has 5 nitrogen and oxygen atoms in total. The largest absolute Gasteiger partial charge is 0.478 e. The molecular formula is C23H20N2O3. The predicted octanol–water partition coefficient (Wildman–Crippen LogP) is 5.33. The first-order chi connectivity index (χ1) is 13.6. The summed E-state index contributed by atoms with van der Waals surface area (Å²) in [5.41, 5.74) is 3.67. The molecule has 4 aromatic rings. The van der Waals surface area contributed by atoms with Gasteiger partial charge in [0.05, 0.1) is 16.8 Å². The summed E-state index contributed by atoms with van der Waals surface area (Å²) in [6.07, 6.45) is 2.26. The Labute approximate surface area is 162 Å². The quantitative estimate of drug-likeness (QED) is 0.526. The minimum atomic E-state index is -0.931. The number of nitrogens with zero attached hydrogens (tertiary/aromatic N) is 2. The number of rotatable bonds is 3. The maximum atomic E-state index is 11.4. The monoisotopic (exact) mass is 372 g/mol. The highest BCUT2D eigenvalue weighted by Gasteiger charge is 2.26. The minimum absolute atomic E-state index is 0.270. The van der Waals surface area contributed by atoms with Crippen LogP contribution in [0.1, 0.15) is 30.1 Å². The number of para-hydroxylation sites is 1. The Bertz CT molecular complexity index is 1180. The number of pyridine rings is 1. The molecule has 0 spiro atoms. The lowest BCUT2D eigenvalue weighted by atomic mass is 10.1. The maximum absolute atomic E-state index is 11.4. The van der Waals surface area contributed by atoms with Crippen molar-refractivity contribution in [1.29, 1.82) is 0 Å². The smallest absolute Gasteiger partial charge is 0.335 e. The zero-order chi connectivity index (χ0) is 19.3. The molecular weight excluding hydrogens is 352 g/mol. The van der Waals surface area contributed by atoms with Crippen LogP contribution in [0, 0.1) is 0 Å². The topological polar surface area (TPSA) is 66.6 Å². The summed E-state index contributed by atoms with van der Waals surface area (Å²) in [5.74, 6) is -0.195. The summed E-state index contributed by atoms with van der Waals surface area (Å²) in [5, 5.41) is 11.2. The van der Waals surface area contributed by atoms with Gasteiger partial charge in [-0.05, 0) is 56.2 Å². The average Bonchev–Trinajstić information content (AvgIpc) is 3.32. The van der Waals surface area contributed by atoms with Crippen LogP contribution in [-0.2, 0) is 0 Å². The summed E-state index contributed by atoms with van der Waals surface area (Å²) in [6, 6.07) is 17.5. The van der Waals surface area contributed by atoms with Gasteiger partial charge in [0.15, 0.2) is 5.76 Å². The summed E-state index contributed by atoms with van der Waals surface area (Å²) in [4.78, 5) is 18.6. The van der Waals surface area contributed by atoms with Crippen LogP contribution in [0.5, 0.6) is 0 Å². The molecule has 1 fully saturated rings. The molecule has 0 radical (unpaired) electrons. The van der Waals surface area contributed by atoms with Crippen molar-refractivity contribution in [3.63, 3.8) is 0 Å². The summed E-state index contributed by atoms with van der Waals surface area (Å²) < 4.78 is 6.12. The van der Waals surface area contributed by atoms with E-state index in [-0.39, 0.29) is 5.56 Å². The summed E-state index contributed by atoms with van der Waals surface area (Å²) in [7, 11) is 0. The summed E-state index contributed by atoms with van der Waals surface area (Å²) >= 11 is 0. The Morgan fingerprint density at radius 3 is 2.75 bits per heavy atom. The molecule has 2 aromatic carbocycles. The van der Waals surface area contributed by atoms with Crippen LogP contribution >= 0.6 is 0 Å². The second kappa shape index (κ2) is 6.37. The van der Waals surface area contributed by atoms with Crippen molar-refractivity contribution in [2.24, 2.45) is 0 Å². The maximum Gasteiger partial charge on any atom is 0.335 e. The number of fused-ring (bicyclic) bond motifs is 2. The number of aromatic carboxylic acids is 1. The van der Waals surface area contributed by atoms with Crippen LogP contribution in [0.2, 0.25) is 0 Å². The van der Waals surface area contributed by atoms with E-state index in [9.17, 15) is 9.90 Å². The molecule has 1 aliphatic heterocycles. The number of hydrogen-bond acceptors (Lipinski definition) is 4. The van der Waals surface area contributed by atoms with Crippen LogP contribution in [0.25, 0.3) is 33.3 Å². The van der Waals surface area contributed by atoms with E-state index in [0.29, 0.717) is 6.04 Å². The van der Waals surface area contributed by atoms with Gasteiger partial charge in [-0.2, -0.15) is 0 Å². The normalized spacial score (nSPS) is 16.9. The molecule has 0 aliphatic carbocycles. The molecule has 5 heteroatoms. The SMILES string of the molecule is CC1CCCN1c1cc2cc(C(=O)O)ccc2nc1-c1cc2ccccc2o1. The number of furan rings is 1. The lowest BCUT2D eigenvalue weighted by Gasteiger charge is -2.26. The van der Waals surface area contributed by atoms with Crippen LogP contribution in [-0.4, -0.2) is 28.6 Å². The van der Waals surface area contributed by atoms with Gasteiger partial charge in [-0.25, -0.2) is 9.78 Å². The Kier molecular flexibility index (Phi) is 3.83. The zero-order valence-corrected chi connectivity index (χ0v) is 15.6. The van der Waals surface area contributed by atoms with Crippen molar-refractivity contribution < 1.29 is 14.3 Å². The van der Waals surface area contributed by atoms with E-state index < -0.39 is 5.97 Å². The van der Waals surface area contributed by atoms with Crippen molar-refractivity contribution in [1.82, 2.24) is 4.98 Å². The first-order valence-corrected chi connectivity index (χ1v) is 9.54. The second-order valence-electron chi connectivity index (χ2n) is 7.40. The van der Waals surface area contributed by atoms with Crippen LogP contribution in [0.15, 0.2) is 59.0 Å². The van der Waals surface area contributed by atoms with Crippen molar-refractivity contribution in [3.8, 4) is 11.5 Å². The molecule has 1 N–H and O–H groups in total. The molecule has 28 heavy (non-hydrogen) atoms. The number of benzene rings is 2. The third-order valence-corrected chi connectivity index (χ3v) is 5.56. The molecule has 0 bridgehead atoms. The second-order valence-corrected chi connectivity index (χ2v) is 7.40. The molecule has 2 aromatic heterocycles. The van der Waals surface area contributed by atoms with Crippen molar-refractivity contribution in [3.05, 3.63) is 60.2 Å². The molecule has 3 heterocycles. The molecule has 0 amide bonds. The number of carboxylic acids is 1. The fraction of sp³-hybridized carbons (Fsp3) is 0.217. The number of anilines is 1. The fourth-order valence-electron chi connectivity index (χ4n) is 4.09. The number of carboxylic acid groups (broad SMARTS) is 1. The van der Waals surface area contributed by atoms with E-state index >= 15 is 0 Å². The van der Waals surface area contributed by atoms with E-state index in [1.165, 1.54) is 0 Å². The van der Waals surface area contributed by atoms with Crippen molar-refractivity contribution in [2.45, 2.75) is 25.8 Å². The lowest BCUT2D eigenvalue weighted by molar-refractivity contribution is 0.0697. The van der Waals surface area contributed by atoms with Gasteiger partial charge in [-0.3, -0.25) is 0 Å².